The maximum absolute atomic E-state index is 12.4. The lowest BCUT2D eigenvalue weighted by molar-refractivity contribution is -0.118. The van der Waals surface area contributed by atoms with Gasteiger partial charge in [0, 0.05) is 24.0 Å². The van der Waals surface area contributed by atoms with Gasteiger partial charge in [-0.1, -0.05) is 18.2 Å². The number of nitrogens with zero attached hydrogens (tertiary/aromatic N) is 2. The van der Waals surface area contributed by atoms with Crippen LogP contribution in [0.4, 0.5) is 0 Å². The van der Waals surface area contributed by atoms with Crippen molar-refractivity contribution in [2.45, 2.75) is 32.2 Å². The van der Waals surface area contributed by atoms with E-state index >= 15 is 0 Å². The number of carbonyl (C=O) groups excluding carboxylic acids is 2. The monoisotopic (exact) mass is 282 g/mol. The molecule has 2 aliphatic rings. The SMILES string of the molecule is CC(=O)CN1CCc2c3n(c4ccccc24)C(=O)CCC31. The highest BCUT2D eigenvalue weighted by atomic mass is 16.2. The van der Waals surface area contributed by atoms with Crippen LogP contribution in [-0.2, 0) is 11.2 Å². The van der Waals surface area contributed by atoms with Crippen molar-refractivity contribution < 1.29 is 9.59 Å². The Hall–Kier alpha value is -1.94. The fourth-order valence-electron chi connectivity index (χ4n) is 3.96. The predicted octanol–water partition coefficient (Wildman–Crippen LogP) is 2.56. The average Bonchev–Trinajstić information content (AvgIpc) is 2.80. The maximum Gasteiger partial charge on any atom is 0.231 e. The Labute approximate surface area is 123 Å². The molecule has 0 saturated heterocycles. The first-order valence-electron chi connectivity index (χ1n) is 7.55. The maximum atomic E-state index is 12.4. The van der Waals surface area contributed by atoms with Crippen molar-refractivity contribution in [3.8, 4) is 0 Å². The second-order valence-corrected chi connectivity index (χ2v) is 6.09. The van der Waals surface area contributed by atoms with Crippen LogP contribution in [0.15, 0.2) is 24.3 Å². The van der Waals surface area contributed by atoms with Crippen LogP contribution in [0.1, 0.15) is 41.9 Å². The Bertz CT molecular complexity index is 759. The second-order valence-electron chi connectivity index (χ2n) is 6.09. The Balaban J connectivity index is 1.94. The smallest absolute Gasteiger partial charge is 0.231 e. The van der Waals surface area contributed by atoms with Crippen molar-refractivity contribution in [1.82, 2.24) is 9.47 Å². The third-order valence-electron chi connectivity index (χ3n) is 4.73. The number of ketones is 1. The number of para-hydroxylation sites is 1. The molecule has 0 fully saturated rings. The number of aromatic nitrogens is 1. The lowest BCUT2D eigenvalue weighted by Gasteiger charge is -2.38. The van der Waals surface area contributed by atoms with Gasteiger partial charge < -0.3 is 0 Å². The third kappa shape index (κ3) is 1.79. The summed E-state index contributed by atoms with van der Waals surface area (Å²) in [5, 5.41) is 1.20. The lowest BCUT2D eigenvalue weighted by Crippen LogP contribution is -2.42. The number of hydrogen-bond donors (Lipinski definition) is 0. The van der Waals surface area contributed by atoms with Gasteiger partial charge >= 0.3 is 0 Å². The van der Waals surface area contributed by atoms with E-state index in [-0.39, 0.29) is 17.7 Å². The summed E-state index contributed by atoms with van der Waals surface area (Å²) in [6.45, 7) is 3.03. The summed E-state index contributed by atoms with van der Waals surface area (Å²) in [6.07, 6.45) is 2.31. The number of Topliss-reactive ketones (excluding diaryl/α,β-unsaturated/α-hetero) is 1. The van der Waals surface area contributed by atoms with Crippen LogP contribution in [0, 0.1) is 0 Å². The third-order valence-corrected chi connectivity index (χ3v) is 4.73. The van der Waals surface area contributed by atoms with Gasteiger partial charge in [0.2, 0.25) is 5.91 Å². The first kappa shape index (κ1) is 12.8. The summed E-state index contributed by atoms with van der Waals surface area (Å²) in [5.41, 5.74) is 3.48. The van der Waals surface area contributed by atoms with Gasteiger partial charge in [0.1, 0.15) is 5.78 Å². The van der Waals surface area contributed by atoms with E-state index in [2.05, 4.69) is 11.0 Å². The molecule has 1 unspecified atom stereocenters. The summed E-state index contributed by atoms with van der Waals surface area (Å²) < 4.78 is 1.91. The van der Waals surface area contributed by atoms with Crippen LogP contribution in [0.25, 0.3) is 10.9 Å². The Kier molecular flexibility index (Phi) is 2.76. The van der Waals surface area contributed by atoms with E-state index in [1.807, 2.05) is 22.8 Å². The molecule has 0 aliphatic carbocycles. The fraction of sp³-hybridized carbons (Fsp3) is 0.412. The van der Waals surface area contributed by atoms with Crippen molar-refractivity contribution in [2.24, 2.45) is 0 Å². The van der Waals surface area contributed by atoms with E-state index in [9.17, 15) is 9.59 Å². The first-order chi connectivity index (χ1) is 10.2. The number of rotatable bonds is 2. The molecule has 0 N–H and O–H groups in total. The standard InChI is InChI=1S/C17H18N2O2/c1-11(20)10-18-9-8-13-12-4-2-3-5-14(12)19-16(21)7-6-15(18)17(13)19/h2-5,15H,6-10H2,1H3. The molecule has 2 aliphatic heterocycles. The van der Waals surface area contributed by atoms with Crippen LogP contribution < -0.4 is 0 Å². The van der Waals surface area contributed by atoms with E-state index in [1.165, 1.54) is 10.9 Å². The summed E-state index contributed by atoms with van der Waals surface area (Å²) in [7, 11) is 0. The van der Waals surface area contributed by atoms with Crippen molar-refractivity contribution in [3.05, 3.63) is 35.5 Å². The molecule has 0 saturated carbocycles. The van der Waals surface area contributed by atoms with E-state index in [4.69, 9.17) is 0 Å². The van der Waals surface area contributed by atoms with E-state index in [0.717, 1.165) is 30.6 Å². The first-order valence-corrected chi connectivity index (χ1v) is 7.55. The lowest BCUT2D eigenvalue weighted by atomic mass is 9.92. The highest BCUT2D eigenvalue weighted by Gasteiger charge is 2.37. The Morgan fingerprint density at radius 1 is 1.29 bits per heavy atom. The number of carbonyl (C=O) groups is 2. The van der Waals surface area contributed by atoms with Crippen molar-refractivity contribution in [2.75, 3.05) is 13.1 Å². The highest BCUT2D eigenvalue weighted by Crippen LogP contribution is 2.41. The molecule has 3 heterocycles. The van der Waals surface area contributed by atoms with Gasteiger partial charge in [-0.2, -0.15) is 0 Å². The van der Waals surface area contributed by atoms with Crippen molar-refractivity contribution in [1.29, 1.82) is 0 Å². The van der Waals surface area contributed by atoms with Gasteiger partial charge in [0.25, 0.3) is 0 Å². The molecule has 108 valence electrons. The zero-order chi connectivity index (χ0) is 14.6. The number of benzene rings is 1. The molecule has 0 bridgehead atoms. The van der Waals surface area contributed by atoms with Gasteiger partial charge in [0.15, 0.2) is 0 Å². The van der Waals surface area contributed by atoms with E-state index in [1.54, 1.807) is 6.92 Å². The van der Waals surface area contributed by atoms with Crippen LogP contribution in [-0.4, -0.2) is 34.2 Å². The van der Waals surface area contributed by atoms with Crippen LogP contribution in [0.5, 0.6) is 0 Å². The minimum Gasteiger partial charge on any atom is -0.299 e. The number of hydrogen-bond acceptors (Lipinski definition) is 3. The fourth-order valence-corrected chi connectivity index (χ4v) is 3.96. The van der Waals surface area contributed by atoms with Gasteiger partial charge in [-0.05, 0) is 31.4 Å². The Morgan fingerprint density at radius 3 is 2.90 bits per heavy atom. The molecule has 1 aromatic heterocycles. The van der Waals surface area contributed by atoms with Crippen LogP contribution in [0.2, 0.25) is 0 Å². The molecule has 4 heteroatoms. The van der Waals surface area contributed by atoms with Crippen molar-refractivity contribution in [3.63, 3.8) is 0 Å². The molecule has 1 atom stereocenters. The molecular weight excluding hydrogens is 264 g/mol. The largest absolute Gasteiger partial charge is 0.299 e. The molecule has 4 nitrogen and oxygen atoms in total. The highest BCUT2D eigenvalue weighted by molar-refractivity contribution is 5.97. The topological polar surface area (TPSA) is 42.3 Å². The zero-order valence-corrected chi connectivity index (χ0v) is 12.1. The van der Waals surface area contributed by atoms with Gasteiger partial charge in [0.05, 0.1) is 18.1 Å². The van der Waals surface area contributed by atoms with Gasteiger partial charge in [-0.15, -0.1) is 0 Å². The molecule has 4 rings (SSSR count). The Morgan fingerprint density at radius 2 is 2.10 bits per heavy atom. The quantitative estimate of drug-likeness (QED) is 0.850. The molecule has 2 aromatic rings. The summed E-state index contributed by atoms with van der Waals surface area (Å²) in [5.74, 6) is 0.381. The molecule has 0 amide bonds. The van der Waals surface area contributed by atoms with Gasteiger partial charge in [-0.25, -0.2) is 0 Å². The molecule has 21 heavy (non-hydrogen) atoms. The molecular formula is C17H18N2O2. The molecule has 1 aromatic carbocycles. The van der Waals surface area contributed by atoms with Gasteiger partial charge in [-0.3, -0.25) is 19.1 Å². The van der Waals surface area contributed by atoms with Crippen LogP contribution in [0.3, 0.4) is 0 Å². The summed E-state index contributed by atoms with van der Waals surface area (Å²) >= 11 is 0. The van der Waals surface area contributed by atoms with E-state index in [0.29, 0.717) is 13.0 Å². The molecule has 0 radical (unpaired) electrons. The summed E-state index contributed by atoms with van der Waals surface area (Å²) in [4.78, 5) is 26.2. The molecule has 0 spiro atoms. The average molecular weight is 282 g/mol. The zero-order valence-electron chi connectivity index (χ0n) is 12.1. The predicted molar refractivity (Wildman–Crippen MR) is 80.5 cm³/mol. The summed E-state index contributed by atoms with van der Waals surface area (Å²) in [6, 6.07) is 8.38. The van der Waals surface area contributed by atoms with Crippen LogP contribution >= 0.6 is 0 Å². The van der Waals surface area contributed by atoms with E-state index < -0.39 is 0 Å². The minimum atomic E-state index is 0.188. The number of fused-ring (bicyclic) bond motifs is 3. The van der Waals surface area contributed by atoms with Crippen molar-refractivity contribution >= 4 is 22.6 Å². The minimum absolute atomic E-state index is 0.188. The normalized spacial score (nSPS) is 21.6. The second kappa shape index (κ2) is 4.53.